The molecule has 0 heterocycles. The summed E-state index contributed by atoms with van der Waals surface area (Å²) >= 11 is 0. The molecule has 0 aliphatic heterocycles. The lowest BCUT2D eigenvalue weighted by Crippen LogP contribution is -2.45. The zero-order valence-corrected chi connectivity index (χ0v) is 33.1. The minimum Gasteiger partial charge on any atom is -0.394 e. The van der Waals surface area contributed by atoms with Gasteiger partial charge in [0.1, 0.15) is 0 Å². The average Bonchev–Trinajstić information content (AvgIpc) is 3.13. The molecule has 290 valence electrons. The van der Waals surface area contributed by atoms with Crippen LogP contribution in [0.5, 0.6) is 0 Å². The summed E-state index contributed by atoms with van der Waals surface area (Å²) in [7, 11) is 0. The lowest BCUT2D eigenvalue weighted by atomic mass is 10.1. The summed E-state index contributed by atoms with van der Waals surface area (Å²) in [5.74, 6) is -0.0893. The molecule has 2 unspecified atom stereocenters. The predicted molar refractivity (Wildman–Crippen MR) is 225 cm³/mol. The standard InChI is InChI=1S/C47H79NO3/c1-3-5-7-9-11-13-15-17-18-19-20-21-22-23-24-25-26-27-28-29-30-31-33-35-37-39-41-43-47(51)48-45(44-49)46(50)42-40-38-36-34-32-16-14-12-10-8-6-4-2/h5,7,11,13,17-18,20-21,23-24,26-27,29-30,40,42,45-46,49-50H,3-4,6,8-10,12,14-16,19,22,25,28,31-39,41,43-44H2,1-2H3,(H,48,51)/b7-5-,13-11-,18-17-,21-20-,24-23-,27-26-,30-29-,42-40+. The van der Waals surface area contributed by atoms with Crippen molar-refractivity contribution in [2.45, 2.75) is 187 Å². The molecular weight excluding hydrogens is 627 g/mol. The fraction of sp³-hybridized carbons (Fsp3) is 0.638. The molecule has 0 spiro atoms. The van der Waals surface area contributed by atoms with Crippen LogP contribution in [0.2, 0.25) is 0 Å². The normalized spacial score (nSPS) is 14.0. The third kappa shape index (κ3) is 38.4. The van der Waals surface area contributed by atoms with Crippen LogP contribution in [0.3, 0.4) is 0 Å². The predicted octanol–water partition coefficient (Wildman–Crippen LogP) is 13.1. The Morgan fingerprint density at radius 1 is 0.490 bits per heavy atom. The first-order valence-electron chi connectivity index (χ1n) is 21.0. The smallest absolute Gasteiger partial charge is 0.220 e. The van der Waals surface area contributed by atoms with Gasteiger partial charge in [0.15, 0.2) is 0 Å². The highest BCUT2D eigenvalue weighted by Crippen LogP contribution is 2.12. The number of aliphatic hydroxyl groups excluding tert-OH is 2. The highest BCUT2D eigenvalue weighted by Gasteiger charge is 2.17. The molecule has 51 heavy (non-hydrogen) atoms. The van der Waals surface area contributed by atoms with Gasteiger partial charge in [-0.2, -0.15) is 0 Å². The van der Waals surface area contributed by atoms with E-state index in [1.807, 2.05) is 6.08 Å². The summed E-state index contributed by atoms with van der Waals surface area (Å²) in [4.78, 5) is 12.4. The van der Waals surface area contributed by atoms with Crippen LogP contribution >= 0.6 is 0 Å². The third-order valence-electron chi connectivity index (χ3n) is 8.82. The van der Waals surface area contributed by atoms with E-state index in [1.165, 1.54) is 70.6 Å². The SMILES string of the molecule is CC/C=C\C/C=C\C/C=C\C/C=C\C/C=C\C/C=C\C/C=C\CCCCCCCC(=O)NC(CO)C(O)/C=C/CCCCCCCCCCCC. The minimum absolute atomic E-state index is 0.0893. The van der Waals surface area contributed by atoms with E-state index in [-0.39, 0.29) is 12.5 Å². The Bertz CT molecular complexity index is 983. The van der Waals surface area contributed by atoms with E-state index in [2.05, 4.69) is 104 Å². The molecule has 0 aromatic heterocycles. The van der Waals surface area contributed by atoms with Gasteiger partial charge in [0.25, 0.3) is 0 Å². The number of hydrogen-bond donors (Lipinski definition) is 3. The largest absolute Gasteiger partial charge is 0.394 e. The second-order valence-corrected chi connectivity index (χ2v) is 13.7. The Kier molecular flexibility index (Phi) is 39.5. The summed E-state index contributed by atoms with van der Waals surface area (Å²) in [6, 6.07) is -0.638. The van der Waals surface area contributed by atoms with Gasteiger partial charge in [-0.05, 0) is 77.0 Å². The number of hydrogen-bond acceptors (Lipinski definition) is 3. The Morgan fingerprint density at radius 2 is 0.863 bits per heavy atom. The molecular formula is C47H79NO3. The molecule has 0 bridgehead atoms. The lowest BCUT2D eigenvalue weighted by Gasteiger charge is -2.20. The quantitative estimate of drug-likeness (QED) is 0.0449. The molecule has 0 aliphatic rings. The maximum atomic E-state index is 12.4. The van der Waals surface area contributed by atoms with Gasteiger partial charge >= 0.3 is 0 Å². The Morgan fingerprint density at radius 3 is 1.29 bits per heavy atom. The number of aliphatic hydroxyl groups is 2. The zero-order chi connectivity index (χ0) is 37.1. The second kappa shape index (κ2) is 41.7. The molecule has 4 nitrogen and oxygen atoms in total. The average molecular weight is 706 g/mol. The number of allylic oxidation sites excluding steroid dienone is 15. The Balaban J connectivity index is 3.71. The number of rotatable bonds is 36. The highest BCUT2D eigenvalue weighted by molar-refractivity contribution is 5.76. The van der Waals surface area contributed by atoms with Crippen molar-refractivity contribution in [3.8, 4) is 0 Å². The molecule has 0 aliphatic carbocycles. The van der Waals surface area contributed by atoms with E-state index in [0.717, 1.165) is 83.5 Å². The van der Waals surface area contributed by atoms with Crippen LogP contribution < -0.4 is 5.32 Å². The lowest BCUT2D eigenvalue weighted by molar-refractivity contribution is -0.123. The zero-order valence-electron chi connectivity index (χ0n) is 33.1. The summed E-state index contributed by atoms with van der Waals surface area (Å²) in [5, 5.41) is 22.9. The van der Waals surface area contributed by atoms with Crippen LogP contribution in [0.4, 0.5) is 0 Å². The fourth-order valence-corrected chi connectivity index (χ4v) is 5.63. The summed E-state index contributed by atoms with van der Waals surface area (Å²) in [5.41, 5.74) is 0. The molecule has 4 heteroatoms. The van der Waals surface area contributed by atoms with Crippen molar-refractivity contribution in [1.29, 1.82) is 0 Å². The summed E-state index contributed by atoms with van der Waals surface area (Å²) in [6.07, 6.45) is 62.1. The first-order chi connectivity index (χ1) is 25.2. The molecule has 0 aromatic rings. The van der Waals surface area contributed by atoms with Crippen molar-refractivity contribution < 1.29 is 15.0 Å². The van der Waals surface area contributed by atoms with Crippen LogP contribution in [0.25, 0.3) is 0 Å². The maximum Gasteiger partial charge on any atom is 0.220 e. The van der Waals surface area contributed by atoms with Gasteiger partial charge in [-0.25, -0.2) is 0 Å². The van der Waals surface area contributed by atoms with Crippen LogP contribution in [0, 0.1) is 0 Å². The van der Waals surface area contributed by atoms with E-state index in [0.29, 0.717) is 6.42 Å². The van der Waals surface area contributed by atoms with Gasteiger partial charge in [0.05, 0.1) is 18.8 Å². The summed E-state index contributed by atoms with van der Waals surface area (Å²) < 4.78 is 0. The number of carbonyl (C=O) groups is 1. The van der Waals surface area contributed by atoms with Crippen LogP contribution in [0.15, 0.2) is 97.2 Å². The van der Waals surface area contributed by atoms with E-state index in [9.17, 15) is 15.0 Å². The second-order valence-electron chi connectivity index (χ2n) is 13.7. The molecule has 3 N–H and O–H groups in total. The third-order valence-corrected chi connectivity index (χ3v) is 8.82. The number of unbranched alkanes of at least 4 members (excludes halogenated alkanes) is 15. The molecule has 0 fully saturated rings. The van der Waals surface area contributed by atoms with Crippen molar-refractivity contribution in [3.05, 3.63) is 97.2 Å². The van der Waals surface area contributed by atoms with Crippen LogP contribution in [-0.4, -0.2) is 34.9 Å². The number of carbonyl (C=O) groups excluding carboxylic acids is 1. The maximum absolute atomic E-state index is 12.4. The van der Waals surface area contributed by atoms with Gasteiger partial charge in [-0.3, -0.25) is 4.79 Å². The number of amides is 1. The minimum atomic E-state index is -0.852. The molecule has 2 atom stereocenters. The van der Waals surface area contributed by atoms with Crippen LogP contribution in [-0.2, 0) is 4.79 Å². The van der Waals surface area contributed by atoms with Crippen molar-refractivity contribution in [3.63, 3.8) is 0 Å². The number of nitrogens with one attached hydrogen (secondary N) is 1. The molecule has 0 saturated carbocycles. The van der Waals surface area contributed by atoms with Gasteiger partial charge < -0.3 is 15.5 Å². The molecule has 0 aromatic carbocycles. The molecule has 1 amide bonds. The Labute approximate surface area is 315 Å². The van der Waals surface area contributed by atoms with Gasteiger partial charge in [-0.15, -0.1) is 0 Å². The molecule has 0 rings (SSSR count). The topological polar surface area (TPSA) is 69.6 Å². The van der Waals surface area contributed by atoms with E-state index in [1.54, 1.807) is 6.08 Å². The van der Waals surface area contributed by atoms with Gasteiger partial charge in [-0.1, -0.05) is 188 Å². The monoisotopic (exact) mass is 706 g/mol. The summed E-state index contributed by atoms with van der Waals surface area (Å²) in [6.45, 7) is 4.16. The highest BCUT2D eigenvalue weighted by atomic mass is 16.3. The van der Waals surface area contributed by atoms with Gasteiger partial charge in [0.2, 0.25) is 5.91 Å². The first-order valence-corrected chi connectivity index (χ1v) is 21.0. The van der Waals surface area contributed by atoms with Crippen molar-refractivity contribution in [2.75, 3.05) is 6.61 Å². The fourth-order valence-electron chi connectivity index (χ4n) is 5.63. The van der Waals surface area contributed by atoms with E-state index >= 15 is 0 Å². The van der Waals surface area contributed by atoms with Crippen LogP contribution in [0.1, 0.15) is 174 Å². The first kappa shape index (κ1) is 48.3. The Hall–Kier alpha value is -2.69. The van der Waals surface area contributed by atoms with Crippen molar-refractivity contribution >= 4 is 5.91 Å². The van der Waals surface area contributed by atoms with Crippen molar-refractivity contribution in [1.82, 2.24) is 5.32 Å². The van der Waals surface area contributed by atoms with E-state index in [4.69, 9.17) is 0 Å². The van der Waals surface area contributed by atoms with Gasteiger partial charge in [0, 0.05) is 6.42 Å². The molecule has 0 radical (unpaired) electrons. The molecule has 0 saturated heterocycles. The van der Waals surface area contributed by atoms with E-state index < -0.39 is 12.1 Å². The van der Waals surface area contributed by atoms with Crippen molar-refractivity contribution in [2.24, 2.45) is 0 Å².